The number of hydrogen-bond donors (Lipinski definition) is 1. The molecule has 0 bridgehead atoms. The van der Waals surface area contributed by atoms with Crippen molar-refractivity contribution in [3.8, 4) is 0 Å². The molecular formula is C12H16N2O6S. The highest BCUT2D eigenvalue weighted by molar-refractivity contribution is 7.89. The summed E-state index contributed by atoms with van der Waals surface area (Å²) in [4.78, 5) is 21.3. The van der Waals surface area contributed by atoms with Gasteiger partial charge in [-0.1, -0.05) is 0 Å². The van der Waals surface area contributed by atoms with Crippen molar-refractivity contribution in [3.63, 3.8) is 0 Å². The van der Waals surface area contributed by atoms with Gasteiger partial charge in [0, 0.05) is 11.6 Å². The van der Waals surface area contributed by atoms with Crippen LogP contribution in [0, 0.1) is 24.0 Å². The van der Waals surface area contributed by atoms with Crippen molar-refractivity contribution in [3.05, 3.63) is 33.4 Å². The molecule has 0 heterocycles. The van der Waals surface area contributed by atoms with Gasteiger partial charge in [0.25, 0.3) is 5.69 Å². The third-order valence-electron chi connectivity index (χ3n) is 3.01. The quantitative estimate of drug-likeness (QED) is 0.493. The number of rotatable bonds is 5. The lowest BCUT2D eigenvalue weighted by atomic mass is 10.1. The lowest BCUT2D eigenvalue weighted by Crippen LogP contribution is -2.39. The molecule has 0 aliphatic heterocycles. The summed E-state index contributed by atoms with van der Waals surface area (Å²) in [5.41, 5.74) is 0.566. The molecule has 1 atom stereocenters. The van der Waals surface area contributed by atoms with E-state index in [1.165, 1.54) is 19.9 Å². The number of carbonyl (C=O) groups excluding carboxylic acids is 1. The Kier molecular flexibility index (Phi) is 5.02. The molecule has 0 fully saturated rings. The summed E-state index contributed by atoms with van der Waals surface area (Å²) in [5, 5.41) is 10.9. The van der Waals surface area contributed by atoms with E-state index >= 15 is 0 Å². The average Bonchev–Trinajstić information content (AvgIpc) is 2.39. The molecule has 9 heteroatoms. The summed E-state index contributed by atoms with van der Waals surface area (Å²) in [6.07, 6.45) is 0. The van der Waals surface area contributed by atoms with Gasteiger partial charge < -0.3 is 4.74 Å². The Bertz CT molecular complexity index is 683. The van der Waals surface area contributed by atoms with Crippen molar-refractivity contribution in [2.24, 2.45) is 0 Å². The molecule has 0 spiro atoms. The van der Waals surface area contributed by atoms with E-state index in [1.807, 2.05) is 0 Å². The monoisotopic (exact) mass is 316 g/mol. The van der Waals surface area contributed by atoms with Gasteiger partial charge in [-0.15, -0.1) is 0 Å². The minimum Gasteiger partial charge on any atom is -0.468 e. The first-order chi connectivity index (χ1) is 9.60. The van der Waals surface area contributed by atoms with Crippen LogP contribution >= 0.6 is 0 Å². The van der Waals surface area contributed by atoms with Crippen LogP contribution in [0.3, 0.4) is 0 Å². The number of ether oxygens (including phenoxy) is 1. The maximum Gasteiger partial charge on any atom is 0.323 e. The molecule has 0 aliphatic carbocycles. The first-order valence-corrected chi connectivity index (χ1v) is 7.44. The van der Waals surface area contributed by atoms with Crippen LogP contribution in [0.2, 0.25) is 0 Å². The van der Waals surface area contributed by atoms with Crippen LogP contribution in [0.25, 0.3) is 0 Å². The number of hydrogen-bond acceptors (Lipinski definition) is 6. The van der Waals surface area contributed by atoms with Crippen LogP contribution in [-0.2, 0) is 19.6 Å². The van der Waals surface area contributed by atoms with Gasteiger partial charge in [-0.3, -0.25) is 14.9 Å². The van der Waals surface area contributed by atoms with Gasteiger partial charge in [0.15, 0.2) is 0 Å². The lowest BCUT2D eigenvalue weighted by Gasteiger charge is -2.13. The fourth-order valence-corrected chi connectivity index (χ4v) is 2.98. The van der Waals surface area contributed by atoms with Crippen molar-refractivity contribution in [2.45, 2.75) is 31.7 Å². The first-order valence-electron chi connectivity index (χ1n) is 5.96. The van der Waals surface area contributed by atoms with E-state index in [-0.39, 0.29) is 10.6 Å². The van der Waals surface area contributed by atoms with Crippen LogP contribution < -0.4 is 4.72 Å². The predicted octanol–water partition coefficient (Wildman–Crippen LogP) is 1.05. The Balaban J connectivity index is 3.27. The number of nitrogens with zero attached hydrogens (tertiary/aromatic N) is 1. The fourth-order valence-electron chi connectivity index (χ4n) is 1.68. The minimum absolute atomic E-state index is 0.270. The molecular weight excluding hydrogens is 300 g/mol. The van der Waals surface area contributed by atoms with Crippen molar-refractivity contribution in [1.82, 2.24) is 4.72 Å². The van der Waals surface area contributed by atoms with Gasteiger partial charge in [0.05, 0.1) is 16.9 Å². The van der Waals surface area contributed by atoms with E-state index in [1.54, 1.807) is 6.92 Å². The van der Waals surface area contributed by atoms with E-state index in [0.717, 1.165) is 13.2 Å². The van der Waals surface area contributed by atoms with E-state index in [4.69, 9.17) is 0 Å². The number of benzene rings is 1. The number of aryl methyl sites for hydroxylation is 1. The molecule has 1 aromatic rings. The highest BCUT2D eigenvalue weighted by Gasteiger charge is 2.25. The molecule has 1 unspecified atom stereocenters. The first kappa shape index (κ1) is 17.1. The van der Waals surface area contributed by atoms with Crippen molar-refractivity contribution < 1.29 is 22.9 Å². The molecule has 1 rings (SSSR count). The zero-order chi connectivity index (χ0) is 16.4. The number of nitro groups is 1. The summed E-state index contributed by atoms with van der Waals surface area (Å²) in [5.74, 6) is -0.753. The standard InChI is InChI=1S/C12H16N2O6S/c1-7-5-10(6-11(8(7)2)14(16)17)21(18,19)13-9(3)12(15)20-4/h5-6,9,13H,1-4H3. The van der Waals surface area contributed by atoms with Crippen LogP contribution in [-0.4, -0.2) is 32.5 Å². The number of nitrogens with one attached hydrogen (secondary N) is 1. The Morgan fingerprint density at radius 1 is 1.38 bits per heavy atom. The second-order valence-electron chi connectivity index (χ2n) is 4.51. The summed E-state index contributed by atoms with van der Waals surface area (Å²) < 4.78 is 30.9. The number of methoxy groups -OCH3 is 1. The maximum absolute atomic E-state index is 12.2. The number of sulfonamides is 1. The molecule has 0 amide bonds. The van der Waals surface area contributed by atoms with E-state index < -0.39 is 27.0 Å². The Labute approximate surface area is 122 Å². The lowest BCUT2D eigenvalue weighted by molar-refractivity contribution is -0.385. The third-order valence-corrected chi connectivity index (χ3v) is 4.53. The topological polar surface area (TPSA) is 116 Å². The smallest absolute Gasteiger partial charge is 0.323 e. The van der Waals surface area contributed by atoms with E-state index in [0.29, 0.717) is 11.1 Å². The second-order valence-corrected chi connectivity index (χ2v) is 6.22. The van der Waals surface area contributed by atoms with Gasteiger partial charge in [-0.2, -0.15) is 4.72 Å². The molecule has 0 aliphatic rings. The van der Waals surface area contributed by atoms with Crippen LogP contribution in [0.1, 0.15) is 18.1 Å². The van der Waals surface area contributed by atoms with E-state index in [9.17, 15) is 23.3 Å². The van der Waals surface area contributed by atoms with Gasteiger partial charge in [0.1, 0.15) is 6.04 Å². The molecule has 0 saturated heterocycles. The zero-order valence-electron chi connectivity index (χ0n) is 12.0. The minimum atomic E-state index is -4.07. The summed E-state index contributed by atoms with van der Waals surface area (Å²) >= 11 is 0. The molecule has 21 heavy (non-hydrogen) atoms. The summed E-state index contributed by atoms with van der Waals surface area (Å²) in [6, 6.07) is 1.18. The average molecular weight is 316 g/mol. The molecule has 0 radical (unpaired) electrons. The number of nitro benzene ring substituents is 1. The van der Waals surface area contributed by atoms with Gasteiger partial charge in [-0.05, 0) is 32.4 Å². The maximum atomic E-state index is 12.2. The highest BCUT2D eigenvalue weighted by Crippen LogP contribution is 2.25. The van der Waals surface area contributed by atoms with Crippen molar-refractivity contribution in [1.29, 1.82) is 0 Å². The molecule has 0 aromatic heterocycles. The number of esters is 1. The van der Waals surface area contributed by atoms with Gasteiger partial charge >= 0.3 is 5.97 Å². The Morgan fingerprint density at radius 3 is 2.43 bits per heavy atom. The molecule has 116 valence electrons. The normalized spacial score (nSPS) is 12.8. The Hall–Kier alpha value is -2.00. The molecule has 1 aromatic carbocycles. The SMILES string of the molecule is COC(=O)C(C)NS(=O)(=O)c1cc(C)c(C)c([N+](=O)[O-])c1. The second kappa shape index (κ2) is 6.19. The third kappa shape index (κ3) is 3.76. The summed E-state index contributed by atoms with van der Waals surface area (Å²) in [6.45, 7) is 4.43. The molecule has 0 saturated carbocycles. The predicted molar refractivity (Wildman–Crippen MR) is 74.4 cm³/mol. The van der Waals surface area contributed by atoms with Gasteiger partial charge in [0.2, 0.25) is 10.0 Å². The Morgan fingerprint density at radius 2 is 1.95 bits per heavy atom. The van der Waals surface area contributed by atoms with Crippen molar-refractivity contribution >= 4 is 21.7 Å². The van der Waals surface area contributed by atoms with Crippen LogP contribution in [0.5, 0.6) is 0 Å². The largest absolute Gasteiger partial charge is 0.468 e. The van der Waals surface area contributed by atoms with Crippen LogP contribution in [0.4, 0.5) is 5.69 Å². The van der Waals surface area contributed by atoms with E-state index in [2.05, 4.69) is 9.46 Å². The fraction of sp³-hybridized carbons (Fsp3) is 0.417. The summed E-state index contributed by atoms with van der Waals surface area (Å²) in [7, 11) is -2.93. The van der Waals surface area contributed by atoms with Crippen LogP contribution in [0.15, 0.2) is 17.0 Å². The van der Waals surface area contributed by atoms with Gasteiger partial charge in [-0.25, -0.2) is 8.42 Å². The zero-order valence-corrected chi connectivity index (χ0v) is 12.9. The molecule has 1 N–H and O–H groups in total. The molecule has 8 nitrogen and oxygen atoms in total. The number of carbonyl (C=O) groups is 1. The van der Waals surface area contributed by atoms with Crippen molar-refractivity contribution in [2.75, 3.05) is 7.11 Å². The highest BCUT2D eigenvalue weighted by atomic mass is 32.2.